The standard InChI is InChI=1S/C15H21O6P/c1-8(16)12-13(9(2)17)15(11(4)19)22(7,20-5,21-6)14(12)10(3)18/h1-7H3. The molecule has 7 heteroatoms. The maximum atomic E-state index is 12.2. The van der Waals surface area contributed by atoms with E-state index in [1.807, 2.05) is 0 Å². The molecule has 0 atom stereocenters. The van der Waals surface area contributed by atoms with Crippen molar-refractivity contribution in [2.24, 2.45) is 0 Å². The molecule has 1 aliphatic heterocycles. The monoisotopic (exact) mass is 328 g/mol. The molecule has 0 saturated carbocycles. The number of rotatable bonds is 6. The number of hydrogen-bond acceptors (Lipinski definition) is 6. The molecule has 0 spiro atoms. The minimum atomic E-state index is -4.10. The molecule has 122 valence electrons. The van der Waals surface area contributed by atoms with E-state index in [1.165, 1.54) is 48.6 Å². The van der Waals surface area contributed by atoms with Crippen LogP contribution in [-0.2, 0) is 28.2 Å². The molecule has 0 aromatic carbocycles. The van der Waals surface area contributed by atoms with Gasteiger partial charge in [-0.3, -0.25) is 0 Å². The van der Waals surface area contributed by atoms with E-state index in [4.69, 9.17) is 9.05 Å². The molecule has 0 unspecified atom stereocenters. The number of Topliss-reactive ketones (excluding diaryl/α,β-unsaturated/α-hetero) is 4. The summed E-state index contributed by atoms with van der Waals surface area (Å²) in [6.45, 7) is 6.54. The van der Waals surface area contributed by atoms with Crippen LogP contribution in [0.3, 0.4) is 0 Å². The van der Waals surface area contributed by atoms with E-state index < -0.39 is 30.2 Å². The summed E-state index contributed by atoms with van der Waals surface area (Å²) in [5, 5.41) is -0.00204. The molecule has 1 heterocycles. The zero-order chi connectivity index (χ0) is 17.5. The van der Waals surface area contributed by atoms with Crippen molar-refractivity contribution in [2.45, 2.75) is 27.7 Å². The number of ketones is 4. The zero-order valence-electron chi connectivity index (χ0n) is 13.9. The third-order valence-electron chi connectivity index (χ3n) is 4.01. The van der Waals surface area contributed by atoms with Gasteiger partial charge in [0.2, 0.25) is 0 Å². The number of carbonyl (C=O) groups is 4. The minimum absolute atomic E-state index is 0.00102. The third-order valence-corrected chi connectivity index (χ3v) is 8.92. The summed E-state index contributed by atoms with van der Waals surface area (Å²) in [7, 11) is -1.47. The second-order valence-electron chi connectivity index (χ2n) is 5.40. The van der Waals surface area contributed by atoms with E-state index in [1.54, 1.807) is 0 Å². The SMILES string of the molecule is COP1(C)(OC)C(C(C)=O)=C(C(C)=O)C(C(C)=O)=C1C(C)=O. The van der Waals surface area contributed by atoms with Gasteiger partial charge >= 0.3 is 129 Å². The Morgan fingerprint density at radius 1 is 0.682 bits per heavy atom. The molecule has 1 aliphatic rings. The topological polar surface area (TPSA) is 86.7 Å². The first kappa shape index (κ1) is 18.6. The molecule has 6 nitrogen and oxygen atoms in total. The maximum absolute atomic E-state index is 12.2. The number of hydrogen-bond donors (Lipinski definition) is 0. The van der Waals surface area contributed by atoms with Crippen LogP contribution in [0.4, 0.5) is 0 Å². The number of allylic oxidation sites excluding steroid dienone is 4. The van der Waals surface area contributed by atoms with Gasteiger partial charge in [0.1, 0.15) is 0 Å². The summed E-state index contributed by atoms with van der Waals surface area (Å²) >= 11 is 0. The quantitative estimate of drug-likeness (QED) is 0.695. The second-order valence-corrected chi connectivity index (χ2v) is 9.75. The average Bonchev–Trinajstić information content (AvgIpc) is 2.67. The van der Waals surface area contributed by atoms with E-state index >= 15 is 0 Å². The fourth-order valence-corrected chi connectivity index (χ4v) is 7.21. The van der Waals surface area contributed by atoms with Crippen LogP contribution < -0.4 is 0 Å². The van der Waals surface area contributed by atoms with Crippen LogP contribution in [-0.4, -0.2) is 44.0 Å². The van der Waals surface area contributed by atoms with Crippen LogP contribution in [0.1, 0.15) is 27.7 Å². The fourth-order valence-electron chi connectivity index (χ4n) is 3.07. The van der Waals surface area contributed by atoms with Gasteiger partial charge in [-0.1, -0.05) is 0 Å². The molecular formula is C15H21O6P. The predicted octanol–water partition coefficient (Wildman–Crippen LogP) is 2.17. The van der Waals surface area contributed by atoms with Gasteiger partial charge in [-0.15, -0.1) is 0 Å². The Morgan fingerprint density at radius 3 is 1.09 bits per heavy atom. The predicted molar refractivity (Wildman–Crippen MR) is 83.6 cm³/mol. The Kier molecular flexibility index (Phi) is 4.73. The summed E-state index contributed by atoms with van der Waals surface area (Å²) in [5.41, 5.74) is -0.122. The molecule has 0 fully saturated rings. The van der Waals surface area contributed by atoms with Crippen molar-refractivity contribution >= 4 is 30.2 Å². The first-order chi connectivity index (χ1) is 9.96. The molecule has 0 radical (unpaired) electrons. The normalized spacial score (nSPS) is 21.3. The fraction of sp³-hybridized carbons (Fsp3) is 0.467. The van der Waals surface area contributed by atoms with Gasteiger partial charge in [0.15, 0.2) is 0 Å². The van der Waals surface area contributed by atoms with Gasteiger partial charge in [0, 0.05) is 0 Å². The Bertz CT molecular complexity index is 612. The van der Waals surface area contributed by atoms with Crippen LogP contribution in [0.2, 0.25) is 0 Å². The first-order valence-corrected chi connectivity index (χ1v) is 9.16. The van der Waals surface area contributed by atoms with Crippen molar-refractivity contribution in [3.63, 3.8) is 0 Å². The third kappa shape index (κ3) is 2.22. The van der Waals surface area contributed by atoms with Crippen LogP contribution in [0.5, 0.6) is 0 Å². The summed E-state index contributed by atoms with van der Waals surface area (Å²) < 4.78 is 11.2. The van der Waals surface area contributed by atoms with Crippen molar-refractivity contribution in [3.8, 4) is 0 Å². The summed E-state index contributed by atoms with van der Waals surface area (Å²) in [6, 6.07) is 0. The molecule has 0 aliphatic carbocycles. The van der Waals surface area contributed by atoms with Crippen LogP contribution in [0.25, 0.3) is 0 Å². The van der Waals surface area contributed by atoms with Crippen LogP contribution >= 0.6 is 7.06 Å². The van der Waals surface area contributed by atoms with Crippen molar-refractivity contribution < 1.29 is 28.2 Å². The molecular weight excluding hydrogens is 307 g/mol. The van der Waals surface area contributed by atoms with E-state index in [-0.39, 0.29) is 21.8 Å². The average molecular weight is 328 g/mol. The van der Waals surface area contributed by atoms with E-state index in [9.17, 15) is 19.2 Å². The summed E-state index contributed by atoms with van der Waals surface area (Å²) in [4.78, 5) is 48.7. The van der Waals surface area contributed by atoms with Crippen LogP contribution in [0.15, 0.2) is 21.8 Å². The molecule has 1 rings (SSSR count). The van der Waals surface area contributed by atoms with Gasteiger partial charge in [-0.05, 0) is 0 Å². The second kappa shape index (κ2) is 5.61. The van der Waals surface area contributed by atoms with Gasteiger partial charge in [-0.2, -0.15) is 0 Å². The van der Waals surface area contributed by atoms with Crippen molar-refractivity contribution in [1.29, 1.82) is 0 Å². The molecule has 0 aromatic rings. The number of carbonyl (C=O) groups excluding carboxylic acids is 4. The van der Waals surface area contributed by atoms with E-state index in [0.29, 0.717) is 0 Å². The van der Waals surface area contributed by atoms with Gasteiger partial charge < -0.3 is 0 Å². The summed E-state index contributed by atoms with van der Waals surface area (Å²) in [6.07, 6.45) is 0. The van der Waals surface area contributed by atoms with Gasteiger partial charge in [0.25, 0.3) is 0 Å². The zero-order valence-corrected chi connectivity index (χ0v) is 14.8. The Morgan fingerprint density at radius 2 is 0.955 bits per heavy atom. The van der Waals surface area contributed by atoms with Crippen molar-refractivity contribution in [1.82, 2.24) is 0 Å². The van der Waals surface area contributed by atoms with E-state index in [0.717, 1.165) is 0 Å². The van der Waals surface area contributed by atoms with E-state index in [2.05, 4.69) is 0 Å². The Labute approximate surface area is 129 Å². The first-order valence-electron chi connectivity index (χ1n) is 6.64. The molecule has 0 aromatic heterocycles. The van der Waals surface area contributed by atoms with Crippen LogP contribution in [0, 0.1) is 0 Å². The van der Waals surface area contributed by atoms with Crippen molar-refractivity contribution in [2.75, 3.05) is 20.9 Å². The van der Waals surface area contributed by atoms with Gasteiger partial charge in [-0.25, -0.2) is 0 Å². The molecule has 0 bridgehead atoms. The Hall–Kier alpha value is -1.49. The molecule has 0 amide bonds. The molecule has 0 N–H and O–H groups in total. The van der Waals surface area contributed by atoms with Crippen molar-refractivity contribution in [3.05, 3.63) is 21.8 Å². The summed E-state index contributed by atoms with van der Waals surface area (Å²) in [5.74, 6) is -1.86. The molecule has 0 saturated heterocycles. The molecule has 22 heavy (non-hydrogen) atoms. The van der Waals surface area contributed by atoms with Gasteiger partial charge in [0.05, 0.1) is 0 Å². The Balaban J connectivity index is 4.19.